The van der Waals surface area contributed by atoms with Gasteiger partial charge in [-0.3, -0.25) is 4.90 Å². The average molecular weight is 388 g/mol. The van der Waals surface area contributed by atoms with Gasteiger partial charge in [0.15, 0.2) is 6.29 Å². The highest BCUT2D eigenvalue weighted by molar-refractivity contribution is 5.89. The van der Waals surface area contributed by atoms with Crippen molar-refractivity contribution in [3.05, 3.63) is 59.4 Å². The molecule has 0 aliphatic carbocycles. The van der Waals surface area contributed by atoms with Gasteiger partial charge < -0.3 is 19.9 Å². The number of hydrogen-bond donors (Lipinski definition) is 1. The Hall–Kier alpha value is -2.64. The number of amides is 2. The van der Waals surface area contributed by atoms with Gasteiger partial charge in [-0.2, -0.15) is 0 Å². The Morgan fingerprint density at radius 3 is 2.71 bits per heavy atom. The fourth-order valence-electron chi connectivity index (χ4n) is 3.24. The number of carbonyl (C=O) groups is 1. The summed E-state index contributed by atoms with van der Waals surface area (Å²) in [6.07, 6.45) is 1.25. The molecule has 28 heavy (non-hydrogen) atoms. The number of urea groups is 1. The van der Waals surface area contributed by atoms with Gasteiger partial charge >= 0.3 is 6.03 Å². The van der Waals surface area contributed by atoms with E-state index >= 15 is 0 Å². The summed E-state index contributed by atoms with van der Waals surface area (Å²) in [5, 5.41) is 0. The van der Waals surface area contributed by atoms with Crippen LogP contribution in [0.3, 0.4) is 0 Å². The minimum atomic E-state index is -0.528. The molecule has 150 valence electrons. The van der Waals surface area contributed by atoms with Crippen LogP contribution in [0.15, 0.2) is 42.5 Å². The Kier molecular flexibility index (Phi) is 6.49. The zero-order valence-corrected chi connectivity index (χ0v) is 16.1. The molecule has 1 fully saturated rings. The summed E-state index contributed by atoms with van der Waals surface area (Å²) in [5.74, 6) is 0.320. The Morgan fingerprint density at radius 1 is 1.29 bits per heavy atom. The van der Waals surface area contributed by atoms with Gasteiger partial charge in [0.1, 0.15) is 18.2 Å². The topological polar surface area (TPSA) is 74.0 Å². The molecule has 2 aromatic carbocycles. The number of ether oxygens (including phenoxy) is 3. The maximum atomic E-state index is 14.1. The van der Waals surface area contributed by atoms with Crippen LogP contribution in [0, 0.1) is 5.82 Å². The first-order chi connectivity index (χ1) is 13.5. The molecule has 2 aromatic rings. The van der Waals surface area contributed by atoms with Crippen LogP contribution in [-0.4, -0.2) is 33.1 Å². The van der Waals surface area contributed by atoms with Gasteiger partial charge in [-0.05, 0) is 47.7 Å². The van der Waals surface area contributed by atoms with E-state index in [1.807, 2.05) is 18.2 Å². The van der Waals surface area contributed by atoms with Gasteiger partial charge in [0.2, 0.25) is 0 Å². The highest BCUT2D eigenvalue weighted by Gasteiger charge is 2.24. The first-order valence-electron chi connectivity index (χ1n) is 9.16. The summed E-state index contributed by atoms with van der Waals surface area (Å²) in [6, 6.07) is 11.5. The van der Waals surface area contributed by atoms with E-state index in [0.29, 0.717) is 24.5 Å². The summed E-state index contributed by atoms with van der Waals surface area (Å²) >= 11 is 0. The first kappa shape index (κ1) is 20.1. The van der Waals surface area contributed by atoms with Crippen LogP contribution in [-0.2, 0) is 16.1 Å². The average Bonchev–Trinajstić information content (AvgIpc) is 2.71. The van der Waals surface area contributed by atoms with Crippen LogP contribution in [0.2, 0.25) is 0 Å². The largest absolute Gasteiger partial charge is 0.489 e. The summed E-state index contributed by atoms with van der Waals surface area (Å²) < 4.78 is 30.7. The highest BCUT2D eigenvalue weighted by atomic mass is 19.1. The molecule has 2 unspecified atom stereocenters. The lowest BCUT2D eigenvalue weighted by Crippen LogP contribution is -2.31. The molecular weight excluding hydrogens is 363 g/mol. The van der Waals surface area contributed by atoms with Crippen molar-refractivity contribution in [2.45, 2.75) is 31.7 Å². The normalized spacial score (nSPS) is 19.2. The lowest BCUT2D eigenvalue weighted by atomic mass is 9.91. The van der Waals surface area contributed by atoms with Crippen LogP contribution in [0.4, 0.5) is 14.9 Å². The second kappa shape index (κ2) is 9.03. The standard InChI is InChI=1S/C21H25FN2O4/c1-24(21(23)25)18-5-3-14(4-6-18)13-28-19-10-16(9-17(22)12-19)15-7-8-27-20(11-15)26-2/h3-6,9-10,12,15,20H,7-8,11,13H2,1-2H3,(H2,23,25). The number of nitrogens with zero attached hydrogens (tertiary/aromatic N) is 1. The van der Waals surface area contributed by atoms with Gasteiger partial charge in [-0.25, -0.2) is 9.18 Å². The minimum absolute atomic E-state index is 0.167. The predicted molar refractivity (Wildman–Crippen MR) is 104 cm³/mol. The zero-order chi connectivity index (χ0) is 20.1. The molecule has 0 radical (unpaired) electrons. The SMILES string of the molecule is COC1CC(c2cc(F)cc(OCc3ccc(N(C)C(N)=O)cc3)c2)CCO1. The summed E-state index contributed by atoms with van der Waals surface area (Å²) in [6.45, 7) is 0.875. The molecule has 1 heterocycles. The number of halogens is 1. The molecule has 1 aliphatic heterocycles. The van der Waals surface area contributed by atoms with Crippen molar-refractivity contribution < 1.29 is 23.4 Å². The molecule has 1 saturated heterocycles. The van der Waals surface area contributed by atoms with Crippen LogP contribution in [0.1, 0.15) is 29.9 Å². The fraction of sp³-hybridized carbons (Fsp3) is 0.381. The van der Waals surface area contributed by atoms with Crippen molar-refractivity contribution in [2.75, 3.05) is 25.7 Å². The molecule has 6 nitrogen and oxygen atoms in total. The van der Waals surface area contributed by atoms with Gasteiger partial charge in [0.25, 0.3) is 0 Å². The Morgan fingerprint density at radius 2 is 2.04 bits per heavy atom. The molecule has 2 amide bonds. The third kappa shape index (κ3) is 4.99. The second-order valence-corrected chi connectivity index (χ2v) is 6.83. The zero-order valence-electron chi connectivity index (χ0n) is 16.1. The van der Waals surface area contributed by atoms with Crippen LogP contribution in [0.25, 0.3) is 0 Å². The second-order valence-electron chi connectivity index (χ2n) is 6.83. The van der Waals surface area contributed by atoms with E-state index in [0.717, 1.165) is 17.5 Å². The van der Waals surface area contributed by atoms with E-state index in [4.69, 9.17) is 19.9 Å². The summed E-state index contributed by atoms with van der Waals surface area (Å²) in [4.78, 5) is 12.6. The van der Waals surface area contributed by atoms with E-state index < -0.39 is 6.03 Å². The van der Waals surface area contributed by atoms with Crippen molar-refractivity contribution in [1.82, 2.24) is 0 Å². The molecular formula is C21H25FN2O4. The third-order valence-electron chi connectivity index (χ3n) is 4.93. The Balaban J connectivity index is 1.66. The molecule has 1 aliphatic rings. The summed E-state index contributed by atoms with van der Waals surface area (Å²) in [5.41, 5.74) is 7.74. The molecule has 0 saturated carbocycles. The molecule has 3 rings (SSSR count). The van der Waals surface area contributed by atoms with Crippen molar-refractivity contribution in [3.8, 4) is 5.75 Å². The minimum Gasteiger partial charge on any atom is -0.489 e. The maximum Gasteiger partial charge on any atom is 0.318 e. The number of anilines is 1. The van der Waals surface area contributed by atoms with E-state index in [9.17, 15) is 9.18 Å². The number of methoxy groups -OCH3 is 1. The Bertz CT molecular complexity index is 813. The maximum absolute atomic E-state index is 14.1. The van der Waals surface area contributed by atoms with E-state index in [-0.39, 0.29) is 24.6 Å². The molecule has 0 bridgehead atoms. The smallest absolute Gasteiger partial charge is 0.318 e. The molecule has 0 spiro atoms. The van der Waals surface area contributed by atoms with Gasteiger partial charge in [0, 0.05) is 32.3 Å². The first-order valence-corrected chi connectivity index (χ1v) is 9.16. The van der Waals surface area contributed by atoms with Crippen molar-refractivity contribution in [3.63, 3.8) is 0 Å². The number of benzene rings is 2. The van der Waals surface area contributed by atoms with Gasteiger partial charge in [-0.15, -0.1) is 0 Å². The predicted octanol–water partition coefficient (Wildman–Crippen LogP) is 3.79. The van der Waals surface area contributed by atoms with Crippen molar-refractivity contribution >= 4 is 11.7 Å². The monoisotopic (exact) mass is 388 g/mol. The Labute approximate surface area is 164 Å². The third-order valence-corrected chi connectivity index (χ3v) is 4.93. The summed E-state index contributed by atoms with van der Waals surface area (Å²) in [7, 11) is 3.21. The van der Waals surface area contributed by atoms with Crippen LogP contribution >= 0.6 is 0 Å². The number of carbonyl (C=O) groups excluding carboxylic acids is 1. The van der Waals surface area contributed by atoms with E-state index in [1.165, 1.54) is 11.0 Å². The van der Waals surface area contributed by atoms with Crippen molar-refractivity contribution in [1.29, 1.82) is 0 Å². The van der Waals surface area contributed by atoms with E-state index in [2.05, 4.69) is 0 Å². The van der Waals surface area contributed by atoms with Crippen LogP contribution in [0.5, 0.6) is 5.75 Å². The number of hydrogen-bond acceptors (Lipinski definition) is 4. The highest BCUT2D eigenvalue weighted by Crippen LogP contribution is 2.33. The lowest BCUT2D eigenvalue weighted by molar-refractivity contribution is -0.150. The number of nitrogens with two attached hydrogens (primary N) is 1. The van der Waals surface area contributed by atoms with Gasteiger partial charge in [-0.1, -0.05) is 12.1 Å². The van der Waals surface area contributed by atoms with E-state index in [1.54, 1.807) is 32.4 Å². The van der Waals surface area contributed by atoms with Gasteiger partial charge in [0.05, 0.1) is 6.61 Å². The molecule has 2 N–H and O–H groups in total. The quantitative estimate of drug-likeness (QED) is 0.817. The molecule has 0 aromatic heterocycles. The number of primary amides is 1. The molecule has 2 atom stereocenters. The van der Waals surface area contributed by atoms with Crippen LogP contribution < -0.4 is 15.4 Å². The fourth-order valence-corrected chi connectivity index (χ4v) is 3.24. The van der Waals surface area contributed by atoms with Crippen molar-refractivity contribution in [2.24, 2.45) is 5.73 Å². The number of rotatable bonds is 6. The molecule has 7 heteroatoms. The lowest BCUT2D eigenvalue weighted by Gasteiger charge is -2.29.